The summed E-state index contributed by atoms with van der Waals surface area (Å²) < 4.78 is 22.5. The standard InChI is InChI=1S/C10H9ClN2O4S/c11-8-2-1-3-9(10(8)13(14)15)12-7-4-5-18(16,17)6-7/h1-5,7,12H,6H2. The second-order valence-corrected chi connectivity index (χ2v) is 6.14. The minimum absolute atomic E-state index is 0.00911. The number of rotatable bonds is 3. The molecule has 0 bridgehead atoms. The van der Waals surface area contributed by atoms with Crippen LogP contribution < -0.4 is 5.32 Å². The van der Waals surface area contributed by atoms with Gasteiger partial charge in [-0.3, -0.25) is 10.1 Å². The number of nitrogens with zero attached hydrogens (tertiary/aromatic N) is 1. The molecule has 0 aliphatic carbocycles. The summed E-state index contributed by atoms with van der Waals surface area (Å²) in [6, 6.07) is 3.98. The Labute approximate surface area is 108 Å². The maximum Gasteiger partial charge on any atom is 0.310 e. The van der Waals surface area contributed by atoms with Gasteiger partial charge in [-0.1, -0.05) is 23.7 Å². The monoisotopic (exact) mass is 288 g/mol. The first-order chi connectivity index (χ1) is 8.39. The Morgan fingerprint density at radius 1 is 1.44 bits per heavy atom. The summed E-state index contributed by atoms with van der Waals surface area (Å²) in [4.78, 5) is 10.3. The van der Waals surface area contributed by atoms with Crippen molar-refractivity contribution in [1.82, 2.24) is 0 Å². The minimum Gasteiger partial charge on any atom is -0.372 e. The van der Waals surface area contributed by atoms with Crippen LogP contribution in [0.3, 0.4) is 0 Å². The number of halogens is 1. The van der Waals surface area contributed by atoms with Crippen molar-refractivity contribution < 1.29 is 13.3 Å². The molecule has 0 fully saturated rings. The van der Waals surface area contributed by atoms with Gasteiger partial charge in [0, 0.05) is 5.41 Å². The highest BCUT2D eigenvalue weighted by molar-refractivity contribution is 7.94. The Balaban J connectivity index is 2.28. The lowest BCUT2D eigenvalue weighted by molar-refractivity contribution is -0.383. The maximum atomic E-state index is 11.2. The summed E-state index contributed by atoms with van der Waals surface area (Å²) in [6.45, 7) is 0. The van der Waals surface area contributed by atoms with Crippen LogP contribution in [0.4, 0.5) is 11.4 Å². The van der Waals surface area contributed by atoms with Crippen molar-refractivity contribution in [2.45, 2.75) is 6.04 Å². The third kappa shape index (κ3) is 2.62. The van der Waals surface area contributed by atoms with Crippen molar-refractivity contribution in [3.8, 4) is 0 Å². The maximum absolute atomic E-state index is 11.2. The molecule has 0 saturated heterocycles. The van der Waals surface area contributed by atoms with Gasteiger partial charge in [-0.15, -0.1) is 0 Å². The molecule has 2 rings (SSSR count). The van der Waals surface area contributed by atoms with Crippen LogP contribution in [0.15, 0.2) is 29.7 Å². The number of anilines is 1. The molecule has 1 N–H and O–H groups in total. The number of hydrogen-bond acceptors (Lipinski definition) is 5. The SMILES string of the molecule is O=[N+]([O-])c1c(Cl)cccc1NC1C=CS(=O)(=O)C1. The number of nitro benzene ring substituents is 1. The largest absolute Gasteiger partial charge is 0.372 e. The van der Waals surface area contributed by atoms with Crippen molar-refractivity contribution in [3.05, 3.63) is 44.8 Å². The highest BCUT2D eigenvalue weighted by Crippen LogP contribution is 2.33. The molecule has 0 radical (unpaired) electrons. The summed E-state index contributed by atoms with van der Waals surface area (Å²) in [6.07, 6.45) is 1.46. The van der Waals surface area contributed by atoms with Crippen LogP contribution in [-0.4, -0.2) is 25.1 Å². The van der Waals surface area contributed by atoms with E-state index < -0.39 is 20.8 Å². The predicted octanol–water partition coefficient (Wildman–Crippen LogP) is 1.97. The first kappa shape index (κ1) is 12.8. The molecule has 96 valence electrons. The molecule has 1 aliphatic rings. The Bertz CT molecular complexity index is 627. The lowest BCUT2D eigenvalue weighted by atomic mass is 10.2. The molecular weight excluding hydrogens is 280 g/mol. The molecular formula is C10H9ClN2O4S. The molecule has 1 heterocycles. The molecule has 18 heavy (non-hydrogen) atoms. The van der Waals surface area contributed by atoms with Crippen LogP contribution in [0.2, 0.25) is 5.02 Å². The minimum atomic E-state index is -3.20. The number of nitro groups is 1. The van der Waals surface area contributed by atoms with Gasteiger partial charge in [0.1, 0.15) is 10.7 Å². The van der Waals surface area contributed by atoms with Crippen LogP contribution in [0.25, 0.3) is 0 Å². The number of hydrogen-bond donors (Lipinski definition) is 1. The summed E-state index contributed by atoms with van der Waals surface area (Å²) >= 11 is 5.75. The predicted molar refractivity (Wildman–Crippen MR) is 68.4 cm³/mol. The van der Waals surface area contributed by atoms with Gasteiger partial charge in [-0.05, 0) is 12.1 Å². The molecule has 1 aliphatic heterocycles. The van der Waals surface area contributed by atoms with Gasteiger partial charge in [0.05, 0.1) is 16.7 Å². The Morgan fingerprint density at radius 2 is 2.17 bits per heavy atom. The van der Waals surface area contributed by atoms with Crippen molar-refractivity contribution in [2.75, 3.05) is 11.1 Å². The number of para-hydroxylation sites is 1. The molecule has 1 aromatic rings. The molecule has 1 aromatic carbocycles. The Kier molecular flexibility index (Phi) is 3.27. The van der Waals surface area contributed by atoms with E-state index in [1.54, 1.807) is 6.07 Å². The van der Waals surface area contributed by atoms with Gasteiger partial charge >= 0.3 is 5.69 Å². The summed E-state index contributed by atoms with van der Waals surface area (Å²) in [5, 5.41) is 14.8. The van der Waals surface area contributed by atoms with Crippen LogP contribution in [0, 0.1) is 10.1 Å². The highest BCUT2D eigenvalue weighted by atomic mass is 35.5. The van der Waals surface area contributed by atoms with Crippen LogP contribution in [0.5, 0.6) is 0 Å². The topological polar surface area (TPSA) is 89.3 Å². The van der Waals surface area contributed by atoms with Gasteiger partial charge in [-0.2, -0.15) is 0 Å². The molecule has 1 atom stereocenters. The third-order valence-electron chi connectivity index (χ3n) is 2.44. The van der Waals surface area contributed by atoms with Crippen LogP contribution in [-0.2, 0) is 9.84 Å². The first-order valence-electron chi connectivity index (χ1n) is 4.99. The van der Waals surface area contributed by atoms with E-state index in [4.69, 9.17) is 11.6 Å². The number of nitrogens with one attached hydrogen (secondary N) is 1. The van der Waals surface area contributed by atoms with E-state index in [9.17, 15) is 18.5 Å². The Hall–Kier alpha value is -1.60. The zero-order valence-corrected chi connectivity index (χ0v) is 10.6. The lowest BCUT2D eigenvalue weighted by Crippen LogP contribution is -2.21. The zero-order valence-electron chi connectivity index (χ0n) is 9.04. The lowest BCUT2D eigenvalue weighted by Gasteiger charge is -2.12. The molecule has 0 saturated carbocycles. The first-order valence-corrected chi connectivity index (χ1v) is 7.09. The zero-order chi connectivity index (χ0) is 13.3. The fraction of sp³-hybridized carbons (Fsp3) is 0.200. The number of benzene rings is 1. The molecule has 0 spiro atoms. The smallest absolute Gasteiger partial charge is 0.310 e. The third-order valence-corrected chi connectivity index (χ3v) is 4.14. The number of sulfone groups is 1. The van der Waals surface area contributed by atoms with Gasteiger partial charge in [-0.25, -0.2) is 8.42 Å². The van der Waals surface area contributed by atoms with Gasteiger partial charge in [0.15, 0.2) is 9.84 Å². The summed E-state index contributed by atoms with van der Waals surface area (Å²) in [5.41, 5.74) is -0.0453. The van der Waals surface area contributed by atoms with E-state index in [-0.39, 0.29) is 22.2 Å². The van der Waals surface area contributed by atoms with Crippen LogP contribution in [0.1, 0.15) is 0 Å². The van der Waals surface area contributed by atoms with E-state index in [1.165, 1.54) is 18.2 Å². The quantitative estimate of drug-likeness (QED) is 0.678. The fourth-order valence-corrected chi connectivity index (χ4v) is 3.16. The van der Waals surface area contributed by atoms with E-state index in [0.29, 0.717) is 0 Å². The van der Waals surface area contributed by atoms with Crippen molar-refractivity contribution in [1.29, 1.82) is 0 Å². The second-order valence-electron chi connectivity index (χ2n) is 3.80. The Morgan fingerprint density at radius 3 is 2.72 bits per heavy atom. The van der Waals surface area contributed by atoms with Crippen LogP contribution >= 0.6 is 11.6 Å². The normalized spacial score (nSPS) is 20.8. The van der Waals surface area contributed by atoms with E-state index >= 15 is 0 Å². The molecule has 0 aromatic heterocycles. The van der Waals surface area contributed by atoms with E-state index in [2.05, 4.69) is 5.32 Å². The average molecular weight is 289 g/mol. The second kappa shape index (κ2) is 4.58. The summed E-state index contributed by atoms with van der Waals surface area (Å²) in [7, 11) is -3.20. The van der Waals surface area contributed by atoms with E-state index in [1.807, 2.05) is 0 Å². The average Bonchev–Trinajstić information content (AvgIpc) is 2.57. The van der Waals surface area contributed by atoms with Gasteiger partial charge in [0.2, 0.25) is 0 Å². The van der Waals surface area contributed by atoms with Crippen molar-refractivity contribution in [2.24, 2.45) is 0 Å². The van der Waals surface area contributed by atoms with Gasteiger partial charge in [0.25, 0.3) is 0 Å². The van der Waals surface area contributed by atoms with Gasteiger partial charge < -0.3 is 5.32 Å². The highest BCUT2D eigenvalue weighted by Gasteiger charge is 2.25. The van der Waals surface area contributed by atoms with Crippen molar-refractivity contribution in [3.63, 3.8) is 0 Å². The molecule has 0 amide bonds. The molecule has 8 heteroatoms. The molecule has 1 unspecified atom stereocenters. The van der Waals surface area contributed by atoms with Crippen molar-refractivity contribution >= 4 is 32.8 Å². The fourth-order valence-electron chi connectivity index (χ4n) is 1.68. The molecule has 6 nitrogen and oxygen atoms in total. The van der Waals surface area contributed by atoms with E-state index in [0.717, 1.165) is 5.41 Å². The summed E-state index contributed by atoms with van der Waals surface area (Å²) in [5.74, 6) is -0.114.